The molecule has 16 heavy (non-hydrogen) atoms. The fraction of sp³-hybridized carbons (Fsp3) is 0.625. The summed E-state index contributed by atoms with van der Waals surface area (Å²) in [6, 6.07) is 6.64. The molecule has 0 bridgehead atoms. The summed E-state index contributed by atoms with van der Waals surface area (Å²) in [6.45, 7) is 17.6. The van der Waals surface area contributed by atoms with Crippen molar-refractivity contribution in [2.75, 3.05) is 0 Å². The molecule has 92 valence electrons. The lowest BCUT2D eigenvalue weighted by Crippen LogP contribution is -2.16. The van der Waals surface area contributed by atoms with Gasteiger partial charge >= 0.3 is 0 Å². The largest absolute Gasteiger partial charge is 0.0683 e. The Hall–Kier alpha value is -0.780. The Morgan fingerprint density at radius 2 is 1.50 bits per heavy atom. The summed E-state index contributed by atoms with van der Waals surface area (Å²) >= 11 is 0. The van der Waals surface area contributed by atoms with Gasteiger partial charge in [0.1, 0.15) is 0 Å². The van der Waals surface area contributed by atoms with Crippen LogP contribution in [0.25, 0.3) is 0 Å². The Bertz CT molecular complexity index is 313. The van der Waals surface area contributed by atoms with Gasteiger partial charge in [0.2, 0.25) is 0 Å². The molecule has 0 spiro atoms. The van der Waals surface area contributed by atoms with Crippen molar-refractivity contribution in [3.63, 3.8) is 0 Å². The fourth-order valence-electron chi connectivity index (χ4n) is 2.20. The van der Waals surface area contributed by atoms with Gasteiger partial charge < -0.3 is 0 Å². The second-order valence-corrected chi connectivity index (χ2v) is 5.44. The van der Waals surface area contributed by atoms with Crippen LogP contribution in [0.1, 0.15) is 71.1 Å². The van der Waals surface area contributed by atoms with Gasteiger partial charge in [-0.2, -0.15) is 0 Å². The minimum Gasteiger partial charge on any atom is -0.0683 e. The molecule has 1 rings (SSSR count). The van der Waals surface area contributed by atoms with E-state index in [-0.39, 0.29) is 5.41 Å². The van der Waals surface area contributed by atoms with Crippen molar-refractivity contribution in [3.8, 4) is 0 Å². The molecule has 0 nitrogen and oxygen atoms in total. The molecule has 0 aliphatic heterocycles. The highest BCUT2D eigenvalue weighted by atomic mass is 14.3. The Morgan fingerprint density at radius 1 is 1.00 bits per heavy atom. The van der Waals surface area contributed by atoms with Gasteiger partial charge in [-0.25, -0.2) is 0 Å². The van der Waals surface area contributed by atoms with Gasteiger partial charge in [-0.3, -0.25) is 0 Å². The highest BCUT2D eigenvalue weighted by Gasteiger charge is 2.20. The molecule has 1 aromatic carbocycles. The molecule has 0 heterocycles. The molecule has 1 aromatic rings. The van der Waals surface area contributed by atoms with Crippen LogP contribution in [-0.2, 0) is 5.41 Å². The molecule has 0 saturated carbocycles. The SMILES string of the molecule is CC.Cc1cccc(C(C)C)c1C(C)(C)C. The summed E-state index contributed by atoms with van der Waals surface area (Å²) < 4.78 is 0. The monoisotopic (exact) mass is 220 g/mol. The average molecular weight is 220 g/mol. The van der Waals surface area contributed by atoms with Crippen LogP contribution < -0.4 is 0 Å². The summed E-state index contributed by atoms with van der Waals surface area (Å²) in [5.41, 5.74) is 4.70. The van der Waals surface area contributed by atoms with E-state index in [0.29, 0.717) is 5.92 Å². The molecule has 0 aliphatic carbocycles. The quantitative estimate of drug-likeness (QED) is 0.591. The van der Waals surface area contributed by atoms with Crippen molar-refractivity contribution in [1.82, 2.24) is 0 Å². The maximum absolute atomic E-state index is 2.29. The first kappa shape index (κ1) is 15.2. The van der Waals surface area contributed by atoms with Crippen LogP contribution in [-0.4, -0.2) is 0 Å². The maximum Gasteiger partial charge on any atom is -0.0126 e. The summed E-state index contributed by atoms with van der Waals surface area (Å²) in [5.74, 6) is 0.615. The smallest absolute Gasteiger partial charge is 0.0126 e. The Kier molecular flexibility index (Phi) is 5.78. The molecule has 0 fully saturated rings. The summed E-state index contributed by atoms with van der Waals surface area (Å²) in [7, 11) is 0. The minimum absolute atomic E-state index is 0.255. The lowest BCUT2D eigenvalue weighted by Gasteiger charge is -2.27. The third-order valence-corrected chi connectivity index (χ3v) is 2.68. The van der Waals surface area contributed by atoms with E-state index in [9.17, 15) is 0 Å². The molecule has 0 N–H and O–H groups in total. The minimum atomic E-state index is 0.255. The van der Waals surface area contributed by atoms with Gasteiger partial charge in [0.15, 0.2) is 0 Å². The van der Waals surface area contributed by atoms with Gasteiger partial charge in [0.25, 0.3) is 0 Å². The summed E-state index contributed by atoms with van der Waals surface area (Å²) in [6.07, 6.45) is 0. The van der Waals surface area contributed by atoms with E-state index in [2.05, 4.69) is 59.7 Å². The van der Waals surface area contributed by atoms with E-state index in [1.165, 1.54) is 16.7 Å². The second-order valence-electron chi connectivity index (χ2n) is 5.44. The van der Waals surface area contributed by atoms with Crippen molar-refractivity contribution in [2.45, 2.75) is 66.7 Å². The normalized spacial score (nSPS) is 11.1. The number of hydrogen-bond acceptors (Lipinski definition) is 0. The van der Waals surface area contributed by atoms with E-state index in [4.69, 9.17) is 0 Å². The molecule has 0 amide bonds. The van der Waals surface area contributed by atoms with Crippen LogP contribution >= 0.6 is 0 Å². The molecule has 0 unspecified atom stereocenters. The van der Waals surface area contributed by atoms with E-state index >= 15 is 0 Å². The zero-order valence-electron chi connectivity index (χ0n) is 12.3. The van der Waals surface area contributed by atoms with Crippen molar-refractivity contribution in [3.05, 3.63) is 34.9 Å². The fourth-order valence-corrected chi connectivity index (χ4v) is 2.20. The van der Waals surface area contributed by atoms with Crippen molar-refractivity contribution in [2.24, 2.45) is 0 Å². The van der Waals surface area contributed by atoms with E-state index < -0.39 is 0 Å². The Labute approximate surface area is 102 Å². The van der Waals surface area contributed by atoms with Gasteiger partial charge in [-0.1, -0.05) is 66.7 Å². The zero-order chi connectivity index (χ0) is 12.9. The van der Waals surface area contributed by atoms with E-state index in [0.717, 1.165) is 0 Å². The molecular weight excluding hydrogens is 192 g/mol. The second kappa shape index (κ2) is 6.08. The first-order valence-corrected chi connectivity index (χ1v) is 6.44. The van der Waals surface area contributed by atoms with Crippen LogP contribution in [0.2, 0.25) is 0 Å². The average Bonchev–Trinajstić information content (AvgIpc) is 2.18. The van der Waals surface area contributed by atoms with E-state index in [1.54, 1.807) is 0 Å². The third-order valence-electron chi connectivity index (χ3n) is 2.68. The van der Waals surface area contributed by atoms with Crippen LogP contribution in [0, 0.1) is 6.92 Å². The summed E-state index contributed by atoms with van der Waals surface area (Å²) in [4.78, 5) is 0. The molecule has 0 aromatic heterocycles. The Morgan fingerprint density at radius 3 is 1.81 bits per heavy atom. The number of benzene rings is 1. The van der Waals surface area contributed by atoms with Crippen molar-refractivity contribution < 1.29 is 0 Å². The van der Waals surface area contributed by atoms with Gasteiger partial charge in [-0.15, -0.1) is 0 Å². The zero-order valence-corrected chi connectivity index (χ0v) is 12.3. The van der Waals surface area contributed by atoms with Gasteiger partial charge in [-0.05, 0) is 34.9 Å². The van der Waals surface area contributed by atoms with Crippen LogP contribution in [0.4, 0.5) is 0 Å². The molecule has 0 saturated heterocycles. The van der Waals surface area contributed by atoms with Crippen LogP contribution in [0.5, 0.6) is 0 Å². The maximum atomic E-state index is 2.29. The molecule has 0 atom stereocenters. The first-order chi connectivity index (χ1) is 7.34. The molecule has 0 heteroatoms. The van der Waals surface area contributed by atoms with Crippen LogP contribution in [0.15, 0.2) is 18.2 Å². The molecular formula is C16H28. The van der Waals surface area contributed by atoms with Gasteiger partial charge in [0.05, 0.1) is 0 Å². The van der Waals surface area contributed by atoms with Crippen LogP contribution in [0.3, 0.4) is 0 Å². The summed E-state index contributed by atoms with van der Waals surface area (Å²) in [5, 5.41) is 0. The van der Waals surface area contributed by atoms with Crippen molar-refractivity contribution >= 4 is 0 Å². The number of hydrogen-bond donors (Lipinski definition) is 0. The number of rotatable bonds is 1. The van der Waals surface area contributed by atoms with E-state index in [1.807, 2.05) is 13.8 Å². The highest BCUT2D eigenvalue weighted by molar-refractivity contribution is 5.41. The highest BCUT2D eigenvalue weighted by Crippen LogP contribution is 2.32. The lowest BCUT2D eigenvalue weighted by atomic mass is 9.78. The predicted octanol–water partition coefficient (Wildman–Crippen LogP) is 5.44. The lowest BCUT2D eigenvalue weighted by molar-refractivity contribution is 0.573. The number of aryl methyl sites for hydroxylation is 1. The van der Waals surface area contributed by atoms with Crippen molar-refractivity contribution in [1.29, 1.82) is 0 Å². The standard InChI is InChI=1S/C14H22.C2H6/c1-10(2)12-9-7-8-11(3)13(12)14(4,5)6;1-2/h7-10H,1-6H3;1-2H3. The molecule has 0 aliphatic rings. The van der Waals surface area contributed by atoms with Gasteiger partial charge in [0, 0.05) is 0 Å². The third kappa shape index (κ3) is 3.66. The predicted molar refractivity (Wildman–Crippen MR) is 75.3 cm³/mol. The topological polar surface area (TPSA) is 0 Å². The first-order valence-electron chi connectivity index (χ1n) is 6.44. The Balaban J connectivity index is 0.00000106. The molecule has 0 radical (unpaired) electrons.